The van der Waals surface area contributed by atoms with E-state index in [1.807, 2.05) is 27.7 Å². The van der Waals surface area contributed by atoms with E-state index in [-0.39, 0.29) is 6.10 Å². The Morgan fingerprint density at radius 1 is 1.33 bits per heavy atom. The Morgan fingerprint density at radius 3 is 2.57 bits per heavy atom. The van der Waals surface area contributed by atoms with Gasteiger partial charge in [0.25, 0.3) is 0 Å². The van der Waals surface area contributed by atoms with Gasteiger partial charge in [-0.3, -0.25) is 0 Å². The molecule has 0 saturated carbocycles. The van der Waals surface area contributed by atoms with Crippen molar-refractivity contribution >= 4 is 22.0 Å². The van der Waals surface area contributed by atoms with Gasteiger partial charge in [-0.2, -0.15) is 0 Å². The Morgan fingerprint density at radius 2 is 2.05 bits per heavy atom. The lowest BCUT2D eigenvalue weighted by atomic mass is 10.1. The average molecular weight is 366 g/mol. The number of amides is 1. The zero-order valence-electron chi connectivity index (χ0n) is 13.5. The second-order valence-electron chi connectivity index (χ2n) is 6.74. The van der Waals surface area contributed by atoms with Crippen molar-refractivity contribution in [1.29, 1.82) is 0 Å². The summed E-state index contributed by atoms with van der Waals surface area (Å²) in [5.41, 5.74) is -0.969. The van der Waals surface area contributed by atoms with Gasteiger partial charge in [0.05, 0.1) is 24.9 Å². The number of carbonyl (C=O) groups is 1. The Kier molecular flexibility index (Phi) is 7.44. The molecule has 0 aromatic carbocycles. The van der Waals surface area contributed by atoms with E-state index in [1.54, 1.807) is 0 Å². The minimum atomic E-state index is -0.494. The maximum Gasteiger partial charge on any atom is 0.407 e. The lowest BCUT2D eigenvalue weighted by Gasteiger charge is -2.32. The van der Waals surface area contributed by atoms with Crippen LogP contribution in [0.3, 0.4) is 0 Å². The van der Waals surface area contributed by atoms with Gasteiger partial charge in [0, 0.05) is 11.9 Å². The van der Waals surface area contributed by atoms with Crippen LogP contribution in [0.15, 0.2) is 0 Å². The molecular weight excluding hydrogens is 338 g/mol. The smallest absolute Gasteiger partial charge is 0.407 e. The molecule has 124 valence electrons. The second kappa shape index (κ2) is 8.34. The van der Waals surface area contributed by atoms with Crippen LogP contribution in [0.1, 0.15) is 47.0 Å². The van der Waals surface area contributed by atoms with Gasteiger partial charge < -0.3 is 19.5 Å². The number of hydrogen-bond donors (Lipinski definition) is 1. The summed E-state index contributed by atoms with van der Waals surface area (Å²) in [4.78, 5) is 11.7. The van der Waals surface area contributed by atoms with E-state index >= 15 is 0 Å². The molecule has 0 aliphatic carbocycles. The first-order valence-corrected chi connectivity index (χ1v) is 8.65. The molecule has 6 heteroatoms. The lowest BCUT2D eigenvalue weighted by Crippen LogP contribution is -2.47. The lowest BCUT2D eigenvalue weighted by molar-refractivity contribution is -0.0896. The molecule has 1 N–H and O–H groups in total. The van der Waals surface area contributed by atoms with E-state index in [4.69, 9.17) is 14.2 Å². The summed E-state index contributed by atoms with van der Waals surface area (Å²) in [6.07, 6.45) is 3.10. The fraction of sp³-hybridized carbons (Fsp3) is 0.933. The SMILES string of the molecule is CC(C)(C)OC(=O)NCC(C)(CBr)OCC1CCCCO1. The zero-order chi connectivity index (χ0) is 15.9. The first kappa shape index (κ1) is 18.7. The summed E-state index contributed by atoms with van der Waals surface area (Å²) >= 11 is 3.45. The number of ether oxygens (including phenoxy) is 3. The first-order valence-electron chi connectivity index (χ1n) is 7.52. The quantitative estimate of drug-likeness (QED) is 0.734. The summed E-state index contributed by atoms with van der Waals surface area (Å²) in [5, 5.41) is 3.39. The van der Waals surface area contributed by atoms with Crippen LogP contribution < -0.4 is 5.32 Å². The van der Waals surface area contributed by atoms with Gasteiger partial charge in [-0.25, -0.2) is 4.79 Å². The van der Waals surface area contributed by atoms with Gasteiger partial charge >= 0.3 is 6.09 Å². The van der Waals surface area contributed by atoms with E-state index in [1.165, 1.54) is 6.42 Å². The van der Waals surface area contributed by atoms with Gasteiger partial charge in [-0.15, -0.1) is 0 Å². The maximum absolute atomic E-state index is 11.7. The van der Waals surface area contributed by atoms with Crippen LogP contribution in [0.4, 0.5) is 4.79 Å². The third-order valence-electron chi connectivity index (χ3n) is 3.18. The zero-order valence-corrected chi connectivity index (χ0v) is 15.1. The van der Waals surface area contributed by atoms with Crippen molar-refractivity contribution < 1.29 is 19.0 Å². The van der Waals surface area contributed by atoms with Crippen molar-refractivity contribution in [2.24, 2.45) is 0 Å². The molecule has 1 amide bonds. The molecule has 1 saturated heterocycles. The molecule has 0 aromatic rings. The Balaban J connectivity index is 2.34. The number of rotatable bonds is 6. The highest BCUT2D eigenvalue weighted by Gasteiger charge is 2.28. The topological polar surface area (TPSA) is 56.8 Å². The average Bonchev–Trinajstić information content (AvgIpc) is 2.42. The van der Waals surface area contributed by atoms with Crippen molar-refractivity contribution in [1.82, 2.24) is 5.32 Å². The highest BCUT2D eigenvalue weighted by atomic mass is 79.9. The number of alkyl carbamates (subject to hydrolysis) is 1. The summed E-state index contributed by atoms with van der Waals surface area (Å²) in [7, 11) is 0. The van der Waals surface area contributed by atoms with Gasteiger partial charge in [-0.1, -0.05) is 15.9 Å². The van der Waals surface area contributed by atoms with Crippen molar-refractivity contribution in [3.8, 4) is 0 Å². The number of carbonyl (C=O) groups excluding carboxylic acids is 1. The molecular formula is C15H28BrNO4. The Hall–Kier alpha value is -0.330. The molecule has 5 nitrogen and oxygen atoms in total. The van der Waals surface area contributed by atoms with Crippen LogP contribution in [0, 0.1) is 0 Å². The van der Waals surface area contributed by atoms with E-state index in [0.29, 0.717) is 18.5 Å². The van der Waals surface area contributed by atoms with E-state index in [0.717, 1.165) is 19.4 Å². The Bertz CT molecular complexity index is 326. The minimum absolute atomic E-state index is 0.165. The number of halogens is 1. The van der Waals surface area contributed by atoms with Crippen molar-refractivity contribution in [2.75, 3.05) is 25.1 Å². The predicted molar refractivity (Wildman–Crippen MR) is 86.0 cm³/mol. The fourth-order valence-corrected chi connectivity index (χ4v) is 2.30. The van der Waals surface area contributed by atoms with Crippen LogP contribution in [0.25, 0.3) is 0 Å². The van der Waals surface area contributed by atoms with Gasteiger partial charge in [0.1, 0.15) is 5.60 Å². The highest BCUT2D eigenvalue weighted by molar-refractivity contribution is 9.09. The number of alkyl halides is 1. The molecule has 0 spiro atoms. The molecule has 1 aliphatic rings. The van der Waals surface area contributed by atoms with Crippen LogP contribution in [-0.2, 0) is 14.2 Å². The summed E-state index contributed by atoms with van der Waals surface area (Å²) in [6, 6.07) is 0. The van der Waals surface area contributed by atoms with Crippen LogP contribution >= 0.6 is 15.9 Å². The van der Waals surface area contributed by atoms with Crippen molar-refractivity contribution in [3.63, 3.8) is 0 Å². The fourth-order valence-electron chi connectivity index (χ4n) is 1.94. The molecule has 1 rings (SSSR count). The molecule has 0 aromatic heterocycles. The molecule has 0 radical (unpaired) electrons. The largest absolute Gasteiger partial charge is 0.444 e. The van der Waals surface area contributed by atoms with Gasteiger partial charge in [0.15, 0.2) is 0 Å². The van der Waals surface area contributed by atoms with Crippen LogP contribution in [0.5, 0.6) is 0 Å². The molecule has 21 heavy (non-hydrogen) atoms. The molecule has 1 aliphatic heterocycles. The van der Waals surface area contributed by atoms with Crippen LogP contribution in [-0.4, -0.2) is 48.5 Å². The molecule has 2 unspecified atom stereocenters. The number of nitrogens with one attached hydrogen (secondary N) is 1. The Labute approximate surface area is 136 Å². The minimum Gasteiger partial charge on any atom is -0.444 e. The standard InChI is InChI=1S/C15H28BrNO4/c1-14(2,3)21-13(18)17-11-15(4,10-16)20-9-12-7-5-6-8-19-12/h12H,5-11H2,1-4H3,(H,17,18). The third kappa shape index (κ3) is 8.02. The molecule has 0 bridgehead atoms. The molecule has 1 heterocycles. The van der Waals surface area contributed by atoms with E-state index in [9.17, 15) is 4.79 Å². The third-order valence-corrected chi connectivity index (χ3v) is 4.37. The summed E-state index contributed by atoms with van der Waals surface area (Å²) in [6.45, 7) is 9.24. The van der Waals surface area contributed by atoms with Gasteiger partial charge in [0.2, 0.25) is 0 Å². The second-order valence-corrected chi connectivity index (χ2v) is 7.30. The summed E-state index contributed by atoms with van der Waals surface area (Å²) < 4.78 is 16.8. The van der Waals surface area contributed by atoms with Crippen molar-refractivity contribution in [3.05, 3.63) is 0 Å². The van der Waals surface area contributed by atoms with E-state index in [2.05, 4.69) is 21.2 Å². The highest BCUT2D eigenvalue weighted by Crippen LogP contribution is 2.18. The normalized spacial score (nSPS) is 22.4. The monoisotopic (exact) mass is 365 g/mol. The van der Waals surface area contributed by atoms with Crippen molar-refractivity contribution in [2.45, 2.75) is 64.3 Å². The van der Waals surface area contributed by atoms with Gasteiger partial charge in [-0.05, 0) is 47.0 Å². The number of hydrogen-bond acceptors (Lipinski definition) is 4. The maximum atomic E-state index is 11.7. The molecule has 1 fully saturated rings. The summed E-state index contributed by atoms with van der Waals surface area (Å²) in [5.74, 6) is 0. The predicted octanol–water partition coefficient (Wildman–Crippen LogP) is 3.25. The molecule has 2 atom stereocenters. The van der Waals surface area contributed by atoms with Crippen LogP contribution in [0.2, 0.25) is 0 Å². The van der Waals surface area contributed by atoms with E-state index < -0.39 is 17.3 Å². The first-order chi connectivity index (χ1) is 9.74.